The number of hydrogen-bond acceptors (Lipinski definition) is 5. The fourth-order valence-electron chi connectivity index (χ4n) is 3.85. The average molecular weight is 443 g/mol. The number of carboxylic acids is 2. The predicted octanol–water partition coefficient (Wildman–Crippen LogP) is 3.53. The summed E-state index contributed by atoms with van der Waals surface area (Å²) in [6.45, 7) is 4.21. The van der Waals surface area contributed by atoms with Gasteiger partial charge in [-0.25, -0.2) is 14.0 Å². The van der Waals surface area contributed by atoms with Gasteiger partial charge in [-0.15, -0.1) is 0 Å². The lowest BCUT2D eigenvalue weighted by molar-refractivity contribution is -0.172. The predicted molar refractivity (Wildman–Crippen MR) is 114 cm³/mol. The van der Waals surface area contributed by atoms with Crippen LogP contribution in [0.2, 0.25) is 0 Å². The van der Waals surface area contributed by atoms with Crippen molar-refractivity contribution < 1.29 is 33.7 Å². The topological polar surface area (TPSA) is 96.3 Å². The summed E-state index contributed by atoms with van der Waals surface area (Å²) in [6.07, 6.45) is 2.88. The molecular formula is C24H26FNO6. The molecule has 2 N–H and O–H groups in total. The van der Waals surface area contributed by atoms with Crippen LogP contribution in [0.5, 0.6) is 0 Å². The van der Waals surface area contributed by atoms with Gasteiger partial charge in [-0.3, -0.25) is 4.90 Å². The van der Waals surface area contributed by atoms with Crippen molar-refractivity contribution in [3.05, 3.63) is 83.2 Å². The van der Waals surface area contributed by atoms with Gasteiger partial charge in [0.15, 0.2) is 5.79 Å². The minimum atomic E-state index is -1.26. The highest BCUT2D eigenvalue weighted by Gasteiger charge is 2.38. The van der Waals surface area contributed by atoms with E-state index in [2.05, 4.69) is 29.2 Å². The molecule has 0 aliphatic carbocycles. The number of nitrogens with zero attached hydrogens (tertiary/aromatic N) is 1. The molecule has 2 heterocycles. The Morgan fingerprint density at radius 3 is 1.97 bits per heavy atom. The van der Waals surface area contributed by atoms with E-state index in [0.717, 1.165) is 38.0 Å². The molecule has 1 fully saturated rings. The number of ether oxygens (including phenoxy) is 2. The number of halogens is 1. The van der Waals surface area contributed by atoms with E-state index in [-0.39, 0.29) is 5.82 Å². The molecule has 0 aromatic heterocycles. The Balaban J connectivity index is 0.000000312. The Morgan fingerprint density at radius 1 is 0.938 bits per heavy atom. The molecule has 8 heteroatoms. The van der Waals surface area contributed by atoms with Crippen LogP contribution in [0, 0.1) is 5.82 Å². The SMILES string of the molecule is Fc1ccc(C2(CCCN3Cc4ccccc4C3)OCCO2)cc1.O=C(O)/C=C\C(=O)O. The Morgan fingerprint density at radius 2 is 1.47 bits per heavy atom. The highest BCUT2D eigenvalue weighted by Crippen LogP contribution is 2.36. The zero-order valence-electron chi connectivity index (χ0n) is 17.6. The van der Waals surface area contributed by atoms with Crippen molar-refractivity contribution in [2.24, 2.45) is 0 Å². The maximum absolute atomic E-state index is 13.2. The molecule has 0 atom stereocenters. The molecule has 0 unspecified atom stereocenters. The van der Waals surface area contributed by atoms with Crippen LogP contribution in [-0.4, -0.2) is 46.8 Å². The molecule has 0 radical (unpaired) electrons. The minimum Gasteiger partial charge on any atom is -0.478 e. The molecule has 0 spiro atoms. The number of carboxylic acid groups (broad SMARTS) is 2. The first kappa shape index (κ1) is 23.6. The highest BCUT2D eigenvalue weighted by atomic mass is 19.1. The lowest BCUT2D eigenvalue weighted by Gasteiger charge is -2.28. The van der Waals surface area contributed by atoms with Gasteiger partial charge in [0.2, 0.25) is 0 Å². The quantitative estimate of drug-likeness (QED) is 0.632. The molecule has 0 saturated carbocycles. The van der Waals surface area contributed by atoms with Gasteiger partial charge in [-0.1, -0.05) is 36.4 Å². The van der Waals surface area contributed by atoms with Crippen LogP contribution in [0.3, 0.4) is 0 Å². The zero-order valence-corrected chi connectivity index (χ0v) is 17.6. The lowest BCUT2D eigenvalue weighted by Crippen LogP contribution is -2.29. The number of carbonyl (C=O) groups is 2. The third kappa shape index (κ3) is 6.46. The van der Waals surface area contributed by atoms with Crippen molar-refractivity contribution in [3.63, 3.8) is 0 Å². The molecule has 2 aromatic rings. The number of benzene rings is 2. The van der Waals surface area contributed by atoms with E-state index in [9.17, 15) is 14.0 Å². The molecule has 2 aromatic carbocycles. The van der Waals surface area contributed by atoms with Crippen LogP contribution < -0.4 is 0 Å². The van der Waals surface area contributed by atoms with Gasteiger partial charge in [0.05, 0.1) is 13.2 Å². The van der Waals surface area contributed by atoms with Crippen LogP contribution in [0.1, 0.15) is 29.5 Å². The van der Waals surface area contributed by atoms with Crippen LogP contribution in [0.15, 0.2) is 60.7 Å². The van der Waals surface area contributed by atoms with Crippen LogP contribution in [-0.2, 0) is 37.9 Å². The second-order valence-corrected chi connectivity index (χ2v) is 7.55. The Kier molecular flexibility index (Phi) is 8.10. The maximum Gasteiger partial charge on any atom is 0.328 e. The zero-order chi connectivity index (χ0) is 23.0. The largest absolute Gasteiger partial charge is 0.478 e. The van der Waals surface area contributed by atoms with Gasteiger partial charge < -0.3 is 19.7 Å². The fraction of sp³-hybridized carbons (Fsp3) is 0.333. The average Bonchev–Trinajstić information content (AvgIpc) is 3.41. The molecule has 32 heavy (non-hydrogen) atoms. The van der Waals surface area contributed by atoms with Crippen LogP contribution in [0.25, 0.3) is 0 Å². The van der Waals surface area contributed by atoms with E-state index < -0.39 is 17.7 Å². The van der Waals surface area contributed by atoms with Crippen molar-refractivity contribution in [2.75, 3.05) is 19.8 Å². The molecule has 0 amide bonds. The first-order valence-electron chi connectivity index (χ1n) is 10.3. The number of rotatable bonds is 7. The van der Waals surface area contributed by atoms with E-state index in [1.165, 1.54) is 23.3 Å². The van der Waals surface area contributed by atoms with Crippen molar-refractivity contribution in [1.82, 2.24) is 4.90 Å². The summed E-state index contributed by atoms with van der Waals surface area (Å²) in [5.74, 6) is -3.46. The summed E-state index contributed by atoms with van der Waals surface area (Å²) in [4.78, 5) is 21.6. The van der Waals surface area contributed by atoms with E-state index in [4.69, 9.17) is 19.7 Å². The molecule has 0 bridgehead atoms. The molecule has 170 valence electrons. The van der Waals surface area contributed by atoms with Crippen molar-refractivity contribution in [3.8, 4) is 0 Å². The normalized spacial score (nSPS) is 17.0. The summed E-state index contributed by atoms with van der Waals surface area (Å²) < 4.78 is 25.1. The van der Waals surface area contributed by atoms with Gasteiger partial charge in [0.25, 0.3) is 0 Å². The van der Waals surface area contributed by atoms with E-state index in [1.807, 2.05) is 0 Å². The third-order valence-electron chi connectivity index (χ3n) is 5.29. The van der Waals surface area contributed by atoms with E-state index in [1.54, 1.807) is 12.1 Å². The van der Waals surface area contributed by atoms with Crippen molar-refractivity contribution in [2.45, 2.75) is 31.7 Å². The Bertz CT molecular complexity index is 912. The first-order valence-corrected chi connectivity index (χ1v) is 10.3. The van der Waals surface area contributed by atoms with Crippen molar-refractivity contribution >= 4 is 11.9 Å². The highest BCUT2D eigenvalue weighted by molar-refractivity contribution is 5.89. The molecule has 2 aliphatic heterocycles. The molecular weight excluding hydrogens is 417 g/mol. The second-order valence-electron chi connectivity index (χ2n) is 7.55. The molecule has 1 saturated heterocycles. The summed E-state index contributed by atoms with van der Waals surface area (Å²) in [5.41, 5.74) is 3.77. The number of hydrogen-bond donors (Lipinski definition) is 2. The Hall–Kier alpha value is -3.07. The Labute approximate surface area is 185 Å². The van der Waals surface area contributed by atoms with Crippen molar-refractivity contribution in [1.29, 1.82) is 0 Å². The lowest BCUT2D eigenvalue weighted by atomic mass is 10.0. The van der Waals surface area contributed by atoms with Crippen LogP contribution >= 0.6 is 0 Å². The number of fused-ring (bicyclic) bond motifs is 1. The smallest absolute Gasteiger partial charge is 0.328 e. The minimum absolute atomic E-state index is 0.235. The van der Waals surface area contributed by atoms with E-state index in [0.29, 0.717) is 25.4 Å². The maximum atomic E-state index is 13.2. The summed E-state index contributed by atoms with van der Waals surface area (Å²) in [7, 11) is 0. The van der Waals surface area contributed by atoms with Gasteiger partial charge in [0.1, 0.15) is 5.82 Å². The van der Waals surface area contributed by atoms with Gasteiger partial charge in [0, 0.05) is 37.2 Å². The molecule has 7 nitrogen and oxygen atoms in total. The number of aliphatic carboxylic acids is 2. The standard InChI is InChI=1S/C20H22FNO2.C4H4O4/c21-19-8-6-18(7-9-19)20(23-12-13-24-20)10-3-11-22-14-16-4-1-2-5-17(16)15-22;5-3(6)1-2-4(7)8/h1-2,4-9H,3,10-15H2;1-2H,(H,5,6)(H,7,8)/b;2-1-. The van der Waals surface area contributed by atoms with Gasteiger partial charge in [-0.2, -0.15) is 0 Å². The van der Waals surface area contributed by atoms with Crippen LogP contribution in [0.4, 0.5) is 4.39 Å². The molecule has 4 rings (SSSR count). The first-order chi connectivity index (χ1) is 15.4. The fourth-order valence-corrected chi connectivity index (χ4v) is 3.85. The summed E-state index contributed by atoms with van der Waals surface area (Å²) >= 11 is 0. The van der Waals surface area contributed by atoms with Gasteiger partial charge >= 0.3 is 11.9 Å². The summed E-state index contributed by atoms with van der Waals surface area (Å²) in [6, 6.07) is 15.1. The third-order valence-corrected chi connectivity index (χ3v) is 5.29. The van der Waals surface area contributed by atoms with E-state index >= 15 is 0 Å². The monoisotopic (exact) mass is 443 g/mol. The summed E-state index contributed by atoms with van der Waals surface area (Å²) in [5, 5.41) is 15.6. The molecule has 2 aliphatic rings. The van der Waals surface area contributed by atoms with Gasteiger partial charge in [-0.05, 0) is 36.2 Å². The second kappa shape index (κ2) is 11.0.